The largest absolute Gasteiger partial charge is 0.497 e. The molecule has 28 heavy (non-hydrogen) atoms. The molecule has 0 bridgehead atoms. The van der Waals surface area contributed by atoms with Crippen molar-refractivity contribution in [3.05, 3.63) is 46.7 Å². The molecule has 9 heteroatoms. The third-order valence-corrected chi connectivity index (χ3v) is 4.58. The summed E-state index contributed by atoms with van der Waals surface area (Å²) >= 11 is 1.39. The van der Waals surface area contributed by atoms with Crippen molar-refractivity contribution in [3.63, 3.8) is 0 Å². The summed E-state index contributed by atoms with van der Waals surface area (Å²) in [6, 6.07) is 7.11. The van der Waals surface area contributed by atoms with Crippen LogP contribution in [-0.4, -0.2) is 35.1 Å². The first-order valence-electron chi connectivity index (χ1n) is 8.52. The Labute approximate surface area is 167 Å². The second-order valence-electron chi connectivity index (χ2n) is 6.03. The molecule has 1 aromatic carbocycles. The minimum atomic E-state index is -0.192. The van der Waals surface area contributed by atoms with Gasteiger partial charge in [-0.15, -0.1) is 11.3 Å². The number of anilines is 3. The Morgan fingerprint density at radius 1 is 1.07 bits per heavy atom. The van der Waals surface area contributed by atoms with Crippen molar-refractivity contribution in [2.24, 2.45) is 0 Å². The van der Waals surface area contributed by atoms with E-state index in [4.69, 9.17) is 9.47 Å². The highest BCUT2D eigenvalue weighted by Crippen LogP contribution is 2.29. The summed E-state index contributed by atoms with van der Waals surface area (Å²) in [4.78, 5) is 25.5. The van der Waals surface area contributed by atoms with Gasteiger partial charge in [0.15, 0.2) is 5.13 Å². The van der Waals surface area contributed by atoms with Gasteiger partial charge in [0.1, 0.15) is 11.5 Å². The number of rotatable bonds is 7. The third-order valence-electron chi connectivity index (χ3n) is 3.78. The van der Waals surface area contributed by atoms with Crippen LogP contribution in [-0.2, 0) is 11.2 Å². The maximum atomic E-state index is 12.4. The van der Waals surface area contributed by atoms with E-state index in [9.17, 15) is 4.79 Å². The van der Waals surface area contributed by atoms with Crippen molar-refractivity contribution in [1.82, 2.24) is 15.0 Å². The third kappa shape index (κ3) is 4.95. The molecule has 2 N–H and O–H groups in total. The van der Waals surface area contributed by atoms with Gasteiger partial charge in [0.2, 0.25) is 11.9 Å². The van der Waals surface area contributed by atoms with E-state index in [1.54, 1.807) is 25.3 Å². The van der Waals surface area contributed by atoms with Crippen LogP contribution in [0.2, 0.25) is 0 Å². The summed E-state index contributed by atoms with van der Waals surface area (Å²) in [5, 5.41) is 8.38. The van der Waals surface area contributed by atoms with E-state index < -0.39 is 0 Å². The highest BCUT2D eigenvalue weighted by Gasteiger charge is 2.12. The molecule has 0 radical (unpaired) electrons. The van der Waals surface area contributed by atoms with Crippen molar-refractivity contribution in [1.29, 1.82) is 0 Å². The summed E-state index contributed by atoms with van der Waals surface area (Å²) in [6.07, 6.45) is 0.140. The average molecular weight is 399 g/mol. The smallest absolute Gasteiger partial charge is 0.230 e. The van der Waals surface area contributed by atoms with E-state index >= 15 is 0 Å². The van der Waals surface area contributed by atoms with Gasteiger partial charge in [-0.3, -0.25) is 4.79 Å². The predicted molar refractivity (Wildman–Crippen MR) is 109 cm³/mol. The quantitative estimate of drug-likeness (QED) is 0.627. The number of aryl methyl sites for hydroxylation is 2. The fourth-order valence-corrected chi connectivity index (χ4v) is 3.29. The Bertz CT molecular complexity index is 969. The molecule has 3 aromatic rings. The number of aromatic nitrogens is 3. The van der Waals surface area contributed by atoms with Gasteiger partial charge >= 0.3 is 0 Å². The van der Waals surface area contributed by atoms with Gasteiger partial charge in [0, 0.05) is 22.8 Å². The van der Waals surface area contributed by atoms with Crippen molar-refractivity contribution < 1.29 is 14.3 Å². The molecule has 0 atom stereocenters. The van der Waals surface area contributed by atoms with Gasteiger partial charge < -0.3 is 20.1 Å². The number of amides is 1. The van der Waals surface area contributed by atoms with E-state index in [1.807, 2.05) is 25.3 Å². The van der Waals surface area contributed by atoms with Gasteiger partial charge in [-0.05, 0) is 32.0 Å². The van der Waals surface area contributed by atoms with Gasteiger partial charge in [-0.2, -0.15) is 0 Å². The number of hydrogen-bond donors (Lipinski definition) is 2. The maximum Gasteiger partial charge on any atom is 0.230 e. The number of hydrogen-bond acceptors (Lipinski definition) is 8. The first kappa shape index (κ1) is 19.6. The molecule has 0 aliphatic carbocycles. The monoisotopic (exact) mass is 399 g/mol. The summed E-state index contributed by atoms with van der Waals surface area (Å²) in [7, 11) is 3.11. The molecule has 0 unspecified atom stereocenters. The fraction of sp³-hybridized carbons (Fsp3) is 0.263. The molecule has 0 saturated heterocycles. The normalized spacial score (nSPS) is 10.4. The molecular weight excluding hydrogens is 378 g/mol. The van der Waals surface area contributed by atoms with Crippen LogP contribution in [0.4, 0.5) is 16.8 Å². The number of carbonyl (C=O) groups is 1. The minimum Gasteiger partial charge on any atom is -0.497 e. The molecule has 1 amide bonds. The van der Waals surface area contributed by atoms with Crippen molar-refractivity contribution in [2.45, 2.75) is 20.3 Å². The summed E-state index contributed by atoms with van der Waals surface area (Å²) in [5.74, 6) is 1.48. The van der Waals surface area contributed by atoms with Crippen LogP contribution >= 0.6 is 11.3 Å². The van der Waals surface area contributed by atoms with Crippen molar-refractivity contribution in [3.8, 4) is 11.5 Å². The number of benzene rings is 1. The van der Waals surface area contributed by atoms with Crippen LogP contribution in [0.1, 0.15) is 17.1 Å². The van der Waals surface area contributed by atoms with E-state index in [2.05, 4.69) is 25.6 Å². The first-order chi connectivity index (χ1) is 13.5. The Morgan fingerprint density at radius 3 is 2.50 bits per heavy atom. The van der Waals surface area contributed by atoms with E-state index in [1.165, 1.54) is 18.4 Å². The summed E-state index contributed by atoms with van der Waals surface area (Å²) in [5.41, 5.74) is 2.98. The zero-order valence-corrected chi connectivity index (χ0v) is 16.9. The zero-order chi connectivity index (χ0) is 20.1. The maximum absolute atomic E-state index is 12.4. The lowest BCUT2D eigenvalue weighted by Gasteiger charge is -2.11. The molecular formula is C19H21N5O3S. The molecule has 0 aliphatic heterocycles. The Morgan fingerprint density at radius 2 is 1.82 bits per heavy atom. The van der Waals surface area contributed by atoms with E-state index in [0.717, 1.165) is 11.4 Å². The summed E-state index contributed by atoms with van der Waals surface area (Å²) in [6.45, 7) is 3.82. The molecule has 2 heterocycles. The SMILES string of the molecule is COc1ccc(NC(=O)Cc2csc(Nc3nc(C)cc(C)n3)n2)c(OC)c1. The number of carbonyl (C=O) groups excluding carboxylic acids is 1. The van der Waals surface area contributed by atoms with Crippen LogP contribution in [0.15, 0.2) is 29.6 Å². The number of ether oxygens (including phenoxy) is 2. The number of methoxy groups -OCH3 is 2. The van der Waals surface area contributed by atoms with Gasteiger partial charge in [0.25, 0.3) is 0 Å². The molecule has 3 rings (SSSR count). The highest BCUT2D eigenvalue weighted by atomic mass is 32.1. The molecule has 0 saturated carbocycles. The molecule has 0 fully saturated rings. The topological polar surface area (TPSA) is 98.3 Å². The van der Waals surface area contributed by atoms with Gasteiger partial charge in [-0.25, -0.2) is 15.0 Å². The van der Waals surface area contributed by atoms with Crippen molar-refractivity contribution >= 4 is 34.0 Å². The lowest BCUT2D eigenvalue weighted by atomic mass is 10.2. The Hall–Kier alpha value is -3.20. The molecule has 2 aromatic heterocycles. The van der Waals surface area contributed by atoms with Crippen LogP contribution < -0.4 is 20.1 Å². The Kier molecular flexibility index (Phi) is 6.05. The molecule has 8 nitrogen and oxygen atoms in total. The minimum absolute atomic E-state index is 0.140. The Balaban J connectivity index is 1.64. The van der Waals surface area contributed by atoms with Crippen molar-refractivity contribution in [2.75, 3.05) is 24.9 Å². The summed E-state index contributed by atoms with van der Waals surface area (Å²) < 4.78 is 10.5. The predicted octanol–water partition coefficient (Wildman–Crippen LogP) is 3.49. The van der Waals surface area contributed by atoms with Crippen LogP contribution in [0.25, 0.3) is 0 Å². The first-order valence-corrected chi connectivity index (χ1v) is 9.40. The molecule has 0 aliphatic rings. The molecule has 0 spiro atoms. The fourth-order valence-electron chi connectivity index (χ4n) is 2.58. The van der Waals surface area contributed by atoms with Crippen LogP contribution in [0, 0.1) is 13.8 Å². The average Bonchev–Trinajstić information content (AvgIpc) is 3.07. The zero-order valence-electron chi connectivity index (χ0n) is 16.1. The lowest BCUT2D eigenvalue weighted by molar-refractivity contribution is -0.115. The number of nitrogens with zero attached hydrogens (tertiary/aromatic N) is 3. The highest BCUT2D eigenvalue weighted by molar-refractivity contribution is 7.13. The van der Waals surface area contributed by atoms with Gasteiger partial charge in [-0.1, -0.05) is 0 Å². The van der Waals surface area contributed by atoms with E-state index in [-0.39, 0.29) is 12.3 Å². The number of thiazole rings is 1. The second-order valence-corrected chi connectivity index (χ2v) is 6.89. The number of nitrogens with one attached hydrogen (secondary N) is 2. The second kappa shape index (κ2) is 8.66. The standard InChI is InChI=1S/C19H21N5O3S/c1-11-7-12(2)21-18(20-11)24-19-22-13(10-28-19)8-17(25)23-15-6-5-14(26-3)9-16(15)27-4/h5-7,9-10H,8H2,1-4H3,(H,23,25)(H,20,21,22,24). The van der Waals surface area contributed by atoms with E-state index in [0.29, 0.717) is 34.0 Å². The van der Waals surface area contributed by atoms with Gasteiger partial charge in [0.05, 0.1) is 32.0 Å². The van der Waals surface area contributed by atoms with Crippen LogP contribution in [0.5, 0.6) is 11.5 Å². The van der Waals surface area contributed by atoms with Crippen LogP contribution in [0.3, 0.4) is 0 Å². The molecule has 146 valence electrons. The lowest BCUT2D eigenvalue weighted by Crippen LogP contribution is -2.15.